The van der Waals surface area contributed by atoms with E-state index in [2.05, 4.69) is 0 Å². The summed E-state index contributed by atoms with van der Waals surface area (Å²) in [5, 5.41) is 9.19. The Morgan fingerprint density at radius 1 is 1.48 bits per heavy atom. The van der Waals surface area contributed by atoms with Crippen molar-refractivity contribution in [3.8, 4) is 0 Å². The molecule has 1 heterocycles. The number of carbonyl (C=O) groups excluding carboxylic acids is 1. The standard InChI is InChI=1S/C16H19NO4/c1-3-21-15(18)8-7-12-5-4-6-13-11(2)17(16(19)20)10-9-14(12)13/h4-8,11H,3,9-10H2,1-2H3,(H,19,20)/b8-7+. The molecular weight excluding hydrogens is 270 g/mol. The highest BCUT2D eigenvalue weighted by Crippen LogP contribution is 2.31. The summed E-state index contributed by atoms with van der Waals surface area (Å²) in [5.74, 6) is -0.369. The number of carbonyl (C=O) groups is 2. The Kier molecular flexibility index (Phi) is 4.62. The van der Waals surface area contributed by atoms with E-state index in [1.54, 1.807) is 13.0 Å². The second kappa shape index (κ2) is 6.43. The minimum atomic E-state index is -0.902. The van der Waals surface area contributed by atoms with E-state index in [0.29, 0.717) is 19.6 Å². The van der Waals surface area contributed by atoms with Crippen molar-refractivity contribution in [2.75, 3.05) is 13.2 Å². The third-order valence-electron chi connectivity index (χ3n) is 3.70. The predicted octanol–water partition coefficient (Wildman–Crippen LogP) is 2.86. The van der Waals surface area contributed by atoms with Gasteiger partial charge in [-0.25, -0.2) is 9.59 Å². The fraction of sp³-hybridized carbons (Fsp3) is 0.375. The van der Waals surface area contributed by atoms with Crippen molar-refractivity contribution in [3.05, 3.63) is 41.0 Å². The molecule has 2 rings (SSSR count). The maximum absolute atomic E-state index is 11.4. The van der Waals surface area contributed by atoms with E-state index in [-0.39, 0.29) is 12.0 Å². The fourth-order valence-electron chi connectivity index (χ4n) is 2.66. The lowest BCUT2D eigenvalue weighted by Crippen LogP contribution is -2.38. The predicted molar refractivity (Wildman–Crippen MR) is 79.0 cm³/mol. The molecule has 1 amide bonds. The summed E-state index contributed by atoms with van der Waals surface area (Å²) in [6.45, 7) is 4.46. The van der Waals surface area contributed by atoms with Gasteiger partial charge < -0.3 is 14.7 Å². The average molecular weight is 289 g/mol. The van der Waals surface area contributed by atoms with Crippen LogP contribution in [0, 0.1) is 0 Å². The number of hydrogen-bond acceptors (Lipinski definition) is 3. The van der Waals surface area contributed by atoms with Crippen LogP contribution in [-0.2, 0) is 16.0 Å². The summed E-state index contributed by atoms with van der Waals surface area (Å²) in [7, 11) is 0. The molecule has 0 spiro atoms. The average Bonchev–Trinajstić information content (AvgIpc) is 2.45. The molecule has 112 valence electrons. The summed E-state index contributed by atoms with van der Waals surface area (Å²) in [6, 6.07) is 5.57. The van der Waals surface area contributed by atoms with Crippen LogP contribution in [0.15, 0.2) is 24.3 Å². The zero-order valence-electron chi connectivity index (χ0n) is 12.2. The van der Waals surface area contributed by atoms with Crippen LogP contribution in [0.3, 0.4) is 0 Å². The lowest BCUT2D eigenvalue weighted by molar-refractivity contribution is -0.137. The first-order valence-electron chi connectivity index (χ1n) is 7.00. The number of esters is 1. The number of hydrogen-bond donors (Lipinski definition) is 1. The fourth-order valence-corrected chi connectivity index (χ4v) is 2.66. The lowest BCUT2D eigenvalue weighted by atomic mass is 9.90. The molecule has 1 aromatic rings. The molecule has 0 radical (unpaired) electrons. The Bertz CT molecular complexity index is 580. The molecule has 1 aliphatic heterocycles. The van der Waals surface area contributed by atoms with Gasteiger partial charge in [0.1, 0.15) is 0 Å². The molecule has 0 aromatic heterocycles. The third kappa shape index (κ3) is 3.24. The van der Waals surface area contributed by atoms with Crippen molar-refractivity contribution >= 4 is 18.1 Å². The Balaban J connectivity index is 2.28. The van der Waals surface area contributed by atoms with E-state index in [9.17, 15) is 14.7 Å². The Hall–Kier alpha value is -2.30. The topological polar surface area (TPSA) is 66.8 Å². The minimum absolute atomic E-state index is 0.179. The smallest absolute Gasteiger partial charge is 0.407 e. The maximum Gasteiger partial charge on any atom is 0.407 e. The van der Waals surface area contributed by atoms with Crippen LogP contribution in [0.4, 0.5) is 4.79 Å². The first-order valence-corrected chi connectivity index (χ1v) is 7.00. The van der Waals surface area contributed by atoms with Crippen LogP contribution >= 0.6 is 0 Å². The highest BCUT2D eigenvalue weighted by atomic mass is 16.5. The van der Waals surface area contributed by atoms with Gasteiger partial charge in [0.15, 0.2) is 0 Å². The number of ether oxygens (including phenoxy) is 1. The van der Waals surface area contributed by atoms with E-state index < -0.39 is 6.09 Å². The Morgan fingerprint density at radius 3 is 2.90 bits per heavy atom. The summed E-state index contributed by atoms with van der Waals surface area (Å²) < 4.78 is 4.87. The summed E-state index contributed by atoms with van der Waals surface area (Å²) in [4.78, 5) is 24.0. The molecule has 1 aromatic carbocycles. The molecule has 0 aliphatic carbocycles. The number of fused-ring (bicyclic) bond motifs is 1. The Labute approximate surface area is 123 Å². The van der Waals surface area contributed by atoms with Crippen LogP contribution in [0.1, 0.15) is 36.6 Å². The van der Waals surface area contributed by atoms with Crippen LogP contribution in [0.25, 0.3) is 6.08 Å². The van der Waals surface area contributed by atoms with Gasteiger partial charge in [-0.3, -0.25) is 0 Å². The second-order valence-corrected chi connectivity index (χ2v) is 4.90. The van der Waals surface area contributed by atoms with Crippen molar-refractivity contribution in [1.29, 1.82) is 0 Å². The quantitative estimate of drug-likeness (QED) is 0.686. The van der Waals surface area contributed by atoms with Gasteiger partial charge in [-0.05, 0) is 43.0 Å². The normalized spacial score (nSPS) is 17.6. The zero-order chi connectivity index (χ0) is 15.4. The molecule has 0 fully saturated rings. The molecule has 21 heavy (non-hydrogen) atoms. The number of amides is 1. The van der Waals surface area contributed by atoms with Crippen LogP contribution in [-0.4, -0.2) is 35.2 Å². The van der Waals surface area contributed by atoms with E-state index in [1.165, 1.54) is 11.0 Å². The number of rotatable bonds is 3. The number of carboxylic acid groups (broad SMARTS) is 1. The molecule has 5 heteroatoms. The lowest BCUT2D eigenvalue weighted by Gasteiger charge is -2.33. The van der Waals surface area contributed by atoms with Crippen LogP contribution < -0.4 is 0 Å². The third-order valence-corrected chi connectivity index (χ3v) is 3.70. The Morgan fingerprint density at radius 2 is 2.24 bits per heavy atom. The highest BCUT2D eigenvalue weighted by Gasteiger charge is 2.27. The first kappa shape index (κ1) is 15.1. The van der Waals surface area contributed by atoms with Gasteiger partial charge in [0.05, 0.1) is 12.6 Å². The summed E-state index contributed by atoms with van der Waals surface area (Å²) in [6.07, 6.45) is 2.89. The van der Waals surface area contributed by atoms with Gasteiger partial charge in [0.2, 0.25) is 0 Å². The van der Waals surface area contributed by atoms with Gasteiger partial charge in [-0.1, -0.05) is 18.2 Å². The van der Waals surface area contributed by atoms with E-state index >= 15 is 0 Å². The van der Waals surface area contributed by atoms with Gasteiger partial charge in [-0.2, -0.15) is 0 Å². The molecule has 1 atom stereocenters. The van der Waals surface area contributed by atoms with Crippen LogP contribution in [0.5, 0.6) is 0 Å². The molecule has 1 N–H and O–H groups in total. The van der Waals surface area contributed by atoms with Crippen molar-refractivity contribution < 1.29 is 19.4 Å². The summed E-state index contributed by atoms with van der Waals surface area (Å²) >= 11 is 0. The van der Waals surface area contributed by atoms with Crippen molar-refractivity contribution in [3.63, 3.8) is 0 Å². The van der Waals surface area contributed by atoms with Gasteiger partial charge in [0, 0.05) is 12.6 Å². The maximum atomic E-state index is 11.4. The molecule has 0 saturated carbocycles. The molecular formula is C16H19NO4. The number of benzene rings is 1. The summed E-state index contributed by atoms with van der Waals surface area (Å²) in [5.41, 5.74) is 3.04. The molecule has 0 saturated heterocycles. The van der Waals surface area contributed by atoms with E-state index in [1.807, 2.05) is 25.1 Å². The first-order chi connectivity index (χ1) is 10.0. The van der Waals surface area contributed by atoms with Crippen molar-refractivity contribution in [2.45, 2.75) is 26.3 Å². The molecule has 1 unspecified atom stereocenters. The monoisotopic (exact) mass is 289 g/mol. The molecule has 0 bridgehead atoms. The van der Waals surface area contributed by atoms with Gasteiger partial charge in [0.25, 0.3) is 0 Å². The molecule has 1 aliphatic rings. The largest absolute Gasteiger partial charge is 0.465 e. The van der Waals surface area contributed by atoms with E-state index in [4.69, 9.17) is 4.74 Å². The minimum Gasteiger partial charge on any atom is -0.465 e. The van der Waals surface area contributed by atoms with Crippen molar-refractivity contribution in [1.82, 2.24) is 4.90 Å². The number of nitrogens with zero attached hydrogens (tertiary/aromatic N) is 1. The second-order valence-electron chi connectivity index (χ2n) is 4.90. The van der Waals surface area contributed by atoms with Gasteiger partial charge in [-0.15, -0.1) is 0 Å². The SMILES string of the molecule is CCOC(=O)/C=C/c1cccc2c1CCN(C(=O)O)C2C. The zero-order valence-corrected chi connectivity index (χ0v) is 12.2. The van der Waals surface area contributed by atoms with Crippen LogP contribution in [0.2, 0.25) is 0 Å². The van der Waals surface area contributed by atoms with Crippen molar-refractivity contribution in [2.24, 2.45) is 0 Å². The van der Waals surface area contributed by atoms with E-state index in [0.717, 1.165) is 16.7 Å². The van der Waals surface area contributed by atoms with Gasteiger partial charge >= 0.3 is 12.1 Å². The highest BCUT2D eigenvalue weighted by molar-refractivity contribution is 5.87. The molecule has 5 nitrogen and oxygen atoms in total.